The predicted molar refractivity (Wildman–Crippen MR) is 120 cm³/mol. The Morgan fingerprint density at radius 2 is 1.63 bits per heavy atom. The molecule has 0 aliphatic rings. The highest BCUT2D eigenvalue weighted by Crippen LogP contribution is 2.11. The largest absolute Gasteiger partial charge is 0.858 e. The summed E-state index contributed by atoms with van der Waals surface area (Å²) in [5.41, 5.74) is 1.05. The third-order valence-corrected chi connectivity index (χ3v) is 4.66. The number of halogens is 1. The van der Waals surface area contributed by atoms with E-state index in [2.05, 4.69) is 11.9 Å². The van der Waals surface area contributed by atoms with Crippen molar-refractivity contribution in [2.24, 2.45) is 4.99 Å². The first-order valence-electron chi connectivity index (χ1n) is 10.6. The van der Waals surface area contributed by atoms with Crippen molar-refractivity contribution in [2.75, 3.05) is 6.61 Å². The molecule has 5 nitrogen and oxygen atoms in total. The quantitative estimate of drug-likeness (QED) is 0.154. The molecule has 0 aliphatic carbocycles. The smallest absolute Gasteiger partial charge is 0.372 e. The molecule has 6 heteroatoms. The average molecular weight is 433 g/mol. The number of benzene rings is 1. The summed E-state index contributed by atoms with van der Waals surface area (Å²) in [6.07, 6.45) is 13.1. The highest BCUT2D eigenvalue weighted by Gasteiger charge is 2.11. The predicted octanol–water partition coefficient (Wildman–Crippen LogP) is 4.52. The first kappa shape index (κ1) is 25.6. The minimum atomic E-state index is -0.335. The Morgan fingerprint density at radius 1 is 0.967 bits per heavy atom. The first-order valence-corrected chi connectivity index (χ1v) is 10.6. The van der Waals surface area contributed by atoms with E-state index in [1.54, 1.807) is 41.2 Å². The van der Waals surface area contributed by atoms with E-state index in [0.717, 1.165) is 12.8 Å². The van der Waals surface area contributed by atoms with Crippen LogP contribution >= 0.6 is 12.4 Å². The zero-order valence-corrected chi connectivity index (χ0v) is 18.6. The van der Waals surface area contributed by atoms with Gasteiger partial charge in [0.1, 0.15) is 0 Å². The fourth-order valence-electron chi connectivity index (χ4n) is 3.05. The zero-order valence-electron chi connectivity index (χ0n) is 17.8. The fraction of sp³-hybridized carbons (Fsp3) is 0.458. The summed E-state index contributed by atoms with van der Waals surface area (Å²) < 4.78 is 6.98. The fourth-order valence-corrected chi connectivity index (χ4v) is 3.05. The van der Waals surface area contributed by atoms with Gasteiger partial charge in [0.05, 0.1) is 12.3 Å². The van der Waals surface area contributed by atoms with Crippen LogP contribution in [0, 0.1) is 0 Å². The molecule has 0 spiro atoms. The lowest BCUT2D eigenvalue weighted by atomic mass is 10.1. The molecule has 1 heterocycles. The highest BCUT2D eigenvalue weighted by atomic mass is 35.5. The molecule has 0 aliphatic heterocycles. The Bertz CT molecular complexity index is 766. The van der Waals surface area contributed by atoms with E-state index >= 15 is 0 Å². The van der Waals surface area contributed by atoms with Gasteiger partial charge in [-0.2, -0.15) is 4.57 Å². The van der Waals surface area contributed by atoms with Crippen LogP contribution in [0.5, 0.6) is 0 Å². The van der Waals surface area contributed by atoms with E-state index in [1.807, 2.05) is 18.2 Å². The molecule has 0 N–H and O–H groups in total. The lowest BCUT2D eigenvalue weighted by molar-refractivity contribution is -0.686. The number of carbonyl (C=O) groups excluding carboxylic acids is 1. The van der Waals surface area contributed by atoms with Crippen LogP contribution in [0.1, 0.15) is 63.9 Å². The van der Waals surface area contributed by atoms with Crippen molar-refractivity contribution in [3.63, 3.8) is 0 Å². The van der Waals surface area contributed by atoms with Crippen LogP contribution < -0.4 is 9.67 Å². The zero-order chi connectivity index (χ0) is 20.7. The Kier molecular flexibility index (Phi) is 13.2. The third-order valence-electron chi connectivity index (χ3n) is 4.66. The van der Waals surface area contributed by atoms with Crippen LogP contribution in [0.2, 0.25) is 0 Å². The number of unbranched alkanes of at least 4 members (excludes halogenated alkanes) is 7. The van der Waals surface area contributed by atoms with Gasteiger partial charge in [-0.15, -0.1) is 12.4 Å². The molecule has 2 aromatic rings. The van der Waals surface area contributed by atoms with Crippen LogP contribution in [0.4, 0.5) is 5.69 Å². The van der Waals surface area contributed by atoms with Gasteiger partial charge >= 0.3 is 5.97 Å². The van der Waals surface area contributed by atoms with Gasteiger partial charge in [-0.05, 0) is 24.6 Å². The molecule has 0 atom stereocenters. The Balaban J connectivity index is 0.00000450. The standard InChI is InChI=1S/C24H32N2O3.ClH/c1-2-3-4-5-6-7-8-12-18-29-23(27)20-26-17-13-14-21(19-26)24(28)25-22-15-10-9-11-16-22;/h9-11,13-17,19H,2-8,12,18,20H2,1H3;1H. The van der Waals surface area contributed by atoms with E-state index in [4.69, 9.17) is 4.74 Å². The van der Waals surface area contributed by atoms with Gasteiger partial charge in [-0.25, -0.2) is 4.79 Å². The minimum absolute atomic E-state index is 0. The summed E-state index contributed by atoms with van der Waals surface area (Å²) in [5.74, 6) is -0.625. The third kappa shape index (κ3) is 10.4. The lowest BCUT2D eigenvalue weighted by Crippen LogP contribution is -2.39. The number of carbonyl (C=O) groups is 1. The van der Waals surface area contributed by atoms with Gasteiger partial charge in [0.25, 0.3) is 0 Å². The molecule has 0 fully saturated rings. The number of para-hydroxylation sites is 1. The van der Waals surface area contributed by atoms with Crippen molar-refractivity contribution in [2.45, 2.75) is 64.8 Å². The van der Waals surface area contributed by atoms with Crippen LogP contribution in [0.3, 0.4) is 0 Å². The van der Waals surface area contributed by atoms with E-state index in [1.165, 1.54) is 38.5 Å². The molecule has 2 rings (SSSR count). The molecule has 1 aromatic carbocycles. The number of pyridine rings is 1. The van der Waals surface area contributed by atoms with E-state index in [9.17, 15) is 9.90 Å². The Labute approximate surface area is 186 Å². The van der Waals surface area contributed by atoms with Crippen molar-refractivity contribution < 1.29 is 19.2 Å². The van der Waals surface area contributed by atoms with Gasteiger partial charge in [0, 0.05) is 17.5 Å². The van der Waals surface area contributed by atoms with Crippen LogP contribution in [0.15, 0.2) is 59.9 Å². The van der Waals surface area contributed by atoms with Crippen LogP contribution in [0.25, 0.3) is 0 Å². The van der Waals surface area contributed by atoms with Crippen molar-refractivity contribution >= 4 is 30.0 Å². The number of hydrogen-bond donors (Lipinski definition) is 0. The second-order valence-electron chi connectivity index (χ2n) is 7.21. The summed E-state index contributed by atoms with van der Waals surface area (Å²) in [7, 11) is 0. The van der Waals surface area contributed by atoms with Crippen molar-refractivity contribution in [3.05, 3.63) is 60.4 Å². The van der Waals surface area contributed by atoms with E-state index in [-0.39, 0.29) is 30.8 Å². The van der Waals surface area contributed by atoms with Crippen LogP contribution in [-0.4, -0.2) is 18.5 Å². The summed E-state index contributed by atoms with van der Waals surface area (Å²) in [5, 5.41) is 12.3. The number of esters is 1. The van der Waals surface area contributed by atoms with E-state index < -0.39 is 0 Å². The molecular formula is C24H33ClN2O3. The van der Waals surface area contributed by atoms with Gasteiger partial charge in [-0.3, -0.25) is 4.99 Å². The summed E-state index contributed by atoms with van der Waals surface area (Å²) in [6.45, 7) is 2.76. The van der Waals surface area contributed by atoms with Gasteiger partial charge < -0.3 is 9.84 Å². The molecule has 0 saturated heterocycles. The summed E-state index contributed by atoms with van der Waals surface area (Å²) >= 11 is 0. The minimum Gasteiger partial charge on any atom is -0.858 e. The van der Waals surface area contributed by atoms with Gasteiger partial charge in [0.15, 0.2) is 12.4 Å². The molecular weight excluding hydrogens is 400 g/mol. The summed E-state index contributed by atoms with van der Waals surface area (Å²) in [4.78, 5) is 16.1. The number of aliphatic imine (C=N–C) groups is 1. The van der Waals surface area contributed by atoms with Gasteiger partial charge in [0.2, 0.25) is 6.54 Å². The normalized spacial score (nSPS) is 11.0. The number of nitrogens with zero attached hydrogens (tertiary/aromatic N) is 2. The molecule has 30 heavy (non-hydrogen) atoms. The molecule has 0 radical (unpaired) electrons. The van der Waals surface area contributed by atoms with Crippen molar-refractivity contribution in [1.82, 2.24) is 0 Å². The number of ether oxygens (including phenoxy) is 1. The maximum absolute atomic E-state index is 12.3. The second kappa shape index (κ2) is 15.4. The average Bonchev–Trinajstić information content (AvgIpc) is 2.73. The Hall–Kier alpha value is -2.40. The Morgan fingerprint density at radius 3 is 2.33 bits per heavy atom. The maximum atomic E-state index is 12.3. The first-order chi connectivity index (χ1) is 14.2. The summed E-state index contributed by atoms with van der Waals surface area (Å²) in [6, 6.07) is 12.5. The molecule has 0 amide bonds. The lowest BCUT2D eigenvalue weighted by Gasteiger charge is -2.09. The monoisotopic (exact) mass is 432 g/mol. The number of aromatic nitrogens is 1. The molecule has 0 bridgehead atoms. The SMILES string of the molecule is CCCCCCCCCCOC(=O)C[n+]1cccc(C([O-])=Nc2ccccc2)c1.Cl. The maximum Gasteiger partial charge on any atom is 0.372 e. The highest BCUT2D eigenvalue weighted by molar-refractivity contribution is 5.91. The topological polar surface area (TPSA) is 65.6 Å². The molecule has 164 valence electrons. The van der Waals surface area contributed by atoms with Crippen molar-refractivity contribution in [3.8, 4) is 0 Å². The van der Waals surface area contributed by atoms with Crippen molar-refractivity contribution in [1.29, 1.82) is 0 Å². The number of hydrogen-bond acceptors (Lipinski definition) is 4. The number of rotatable bonds is 13. The molecule has 0 saturated carbocycles. The second-order valence-corrected chi connectivity index (χ2v) is 7.21. The molecule has 1 aromatic heterocycles. The van der Waals surface area contributed by atoms with Crippen LogP contribution in [-0.2, 0) is 16.1 Å². The molecule has 0 unspecified atom stereocenters. The van der Waals surface area contributed by atoms with E-state index in [0.29, 0.717) is 17.9 Å². The van der Waals surface area contributed by atoms with Gasteiger partial charge in [-0.1, -0.05) is 70.1 Å².